The fourth-order valence-corrected chi connectivity index (χ4v) is 5.17. The number of nitriles is 3. The van der Waals surface area contributed by atoms with Crippen molar-refractivity contribution in [3.8, 4) is 35.1 Å². The maximum absolute atomic E-state index is 10.0. The first-order chi connectivity index (χ1) is 16.6. The number of anilines is 1. The highest BCUT2D eigenvalue weighted by Gasteiger charge is 2.21. The Hall–Kier alpha value is -3.99. The van der Waals surface area contributed by atoms with Gasteiger partial charge in [-0.2, -0.15) is 15.8 Å². The molecule has 2 N–H and O–H groups in total. The Bertz CT molecular complexity index is 1310. The van der Waals surface area contributed by atoms with E-state index in [0.717, 1.165) is 24.2 Å². The first-order valence-electron chi connectivity index (χ1n) is 11.2. The van der Waals surface area contributed by atoms with E-state index in [1.54, 1.807) is 6.07 Å². The first kappa shape index (κ1) is 23.2. The summed E-state index contributed by atoms with van der Waals surface area (Å²) in [7, 11) is 0. The predicted molar refractivity (Wildman–Crippen MR) is 132 cm³/mol. The molecule has 4 rings (SSSR count). The summed E-state index contributed by atoms with van der Waals surface area (Å²) in [6, 6.07) is 21.3. The van der Waals surface area contributed by atoms with Crippen molar-refractivity contribution in [1.82, 2.24) is 4.98 Å². The van der Waals surface area contributed by atoms with E-state index in [2.05, 4.69) is 23.2 Å². The molecular weight excluding hydrogens is 442 g/mol. The zero-order valence-electron chi connectivity index (χ0n) is 18.6. The van der Waals surface area contributed by atoms with Gasteiger partial charge in [0.2, 0.25) is 0 Å². The summed E-state index contributed by atoms with van der Waals surface area (Å²) in [5, 5.41) is 29.6. The molecule has 1 heterocycles. The number of benzene rings is 2. The molecule has 0 unspecified atom stereocenters. The number of hydrogen-bond donors (Lipinski definition) is 1. The second-order valence-electron chi connectivity index (χ2n) is 8.11. The number of nitrogen functional groups attached to an aromatic ring is 1. The van der Waals surface area contributed by atoms with Gasteiger partial charge in [0.1, 0.15) is 34.3 Å². The smallest absolute Gasteiger partial charge is 0.143 e. The quantitative estimate of drug-likeness (QED) is 0.447. The molecule has 7 heteroatoms. The van der Waals surface area contributed by atoms with Crippen molar-refractivity contribution < 1.29 is 4.74 Å². The Morgan fingerprint density at radius 2 is 1.62 bits per heavy atom. The summed E-state index contributed by atoms with van der Waals surface area (Å²) in [6.07, 6.45) is 6.01. The third kappa shape index (κ3) is 4.99. The molecule has 1 saturated carbocycles. The molecule has 0 radical (unpaired) electrons. The van der Waals surface area contributed by atoms with Crippen molar-refractivity contribution in [2.75, 3.05) is 5.73 Å². The van der Waals surface area contributed by atoms with Crippen LogP contribution in [0.25, 0.3) is 11.1 Å². The van der Waals surface area contributed by atoms with Crippen LogP contribution in [0.2, 0.25) is 0 Å². The molecule has 1 aliphatic carbocycles. The molecule has 6 nitrogen and oxygen atoms in total. The zero-order chi connectivity index (χ0) is 23.9. The normalized spacial score (nSPS) is 13.4. The highest BCUT2D eigenvalue weighted by Crippen LogP contribution is 2.37. The first-order valence-corrected chi connectivity index (χ1v) is 12.1. The van der Waals surface area contributed by atoms with Gasteiger partial charge in [0.15, 0.2) is 0 Å². The Morgan fingerprint density at radius 3 is 2.29 bits per heavy atom. The zero-order valence-corrected chi connectivity index (χ0v) is 19.4. The molecule has 34 heavy (non-hydrogen) atoms. The van der Waals surface area contributed by atoms with Crippen molar-refractivity contribution >= 4 is 17.6 Å². The summed E-state index contributed by atoms with van der Waals surface area (Å²) in [5.74, 6) is 1.30. The topological polar surface area (TPSA) is 120 Å². The molecule has 3 aromatic rings. The Balaban J connectivity index is 1.66. The summed E-state index contributed by atoms with van der Waals surface area (Å²) >= 11 is 1.32. The Kier molecular flexibility index (Phi) is 7.33. The number of aromatic nitrogens is 1. The molecule has 1 fully saturated rings. The number of ether oxygens (including phenoxy) is 1. The van der Waals surface area contributed by atoms with Crippen LogP contribution in [0.1, 0.15) is 54.4 Å². The average Bonchev–Trinajstić information content (AvgIpc) is 2.88. The lowest BCUT2D eigenvalue weighted by atomic mass is 9.96. The van der Waals surface area contributed by atoms with Crippen LogP contribution < -0.4 is 10.5 Å². The van der Waals surface area contributed by atoms with Crippen LogP contribution in [0.5, 0.6) is 5.75 Å². The lowest BCUT2D eigenvalue weighted by molar-refractivity contribution is 0.155. The largest absolute Gasteiger partial charge is 0.490 e. The monoisotopic (exact) mass is 465 g/mol. The van der Waals surface area contributed by atoms with Crippen molar-refractivity contribution in [2.45, 2.75) is 49.0 Å². The molecule has 168 valence electrons. The van der Waals surface area contributed by atoms with E-state index in [9.17, 15) is 15.8 Å². The van der Waals surface area contributed by atoms with Crippen LogP contribution in [0.3, 0.4) is 0 Å². The van der Waals surface area contributed by atoms with E-state index in [4.69, 9.17) is 10.5 Å². The van der Waals surface area contributed by atoms with Crippen LogP contribution in [0.15, 0.2) is 53.6 Å². The molecule has 2 aromatic carbocycles. The van der Waals surface area contributed by atoms with E-state index in [0.29, 0.717) is 33.0 Å². The van der Waals surface area contributed by atoms with Gasteiger partial charge in [-0.1, -0.05) is 36.8 Å². The minimum atomic E-state index is 0.0788. The predicted octanol–water partition coefficient (Wildman–Crippen LogP) is 5.95. The Labute approximate surface area is 203 Å². The second kappa shape index (κ2) is 10.8. The molecule has 0 amide bonds. The summed E-state index contributed by atoms with van der Waals surface area (Å²) in [4.78, 5) is 4.35. The van der Waals surface area contributed by atoms with Crippen LogP contribution in [0.4, 0.5) is 5.82 Å². The van der Waals surface area contributed by atoms with Crippen molar-refractivity contribution in [2.24, 2.45) is 0 Å². The van der Waals surface area contributed by atoms with Crippen LogP contribution in [-0.2, 0) is 5.75 Å². The minimum Gasteiger partial charge on any atom is -0.490 e. The lowest BCUT2D eigenvalue weighted by Crippen LogP contribution is -2.19. The summed E-state index contributed by atoms with van der Waals surface area (Å²) in [6.45, 7) is 0. The van der Waals surface area contributed by atoms with Crippen molar-refractivity contribution in [3.05, 3.63) is 70.8 Å². The standard InChI is InChI=1S/C27H23N5OS/c28-14-19-6-4-5-7-20(19)17-34-27-24(16-30)25(23(15-29)26(31)32-27)18-10-12-22(13-11-18)33-21-8-2-1-3-9-21/h4-7,10-13,21H,1-3,8-9,17H2,(H2,31,32). The minimum absolute atomic E-state index is 0.0788. The number of thioether (sulfide) groups is 1. The highest BCUT2D eigenvalue weighted by molar-refractivity contribution is 7.98. The number of pyridine rings is 1. The van der Waals surface area contributed by atoms with Crippen molar-refractivity contribution in [3.63, 3.8) is 0 Å². The van der Waals surface area contributed by atoms with Crippen molar-refractivity contribution in [1.29, 1.82) is 15.8 Å². The average molecular weight is 466 g/mol. The number of rotatable bonds is 6. The van der Waals surface area contributed by atoms with Gasteiger partial charge >= 0.3 is 0 Å². The van der Waals surface area contributed by atoms with Crippen LogP contribution >= 0.6 is 11.8 Å². The molecule has 0 saturated heterocycles. The molecule has 0 bridgehead atoms. The van der Waals surface area contributed by atoms with E-state index < -0.39 is 0 Å². The van der Waals surface area contributed by atoms with Gasteiger partial charge in [-0.3, -0.25) is 0 Å². The van der Waals surface area contributed by atoms with Crippen LogP contribution in [-0.4, -0.2) is 11.1 Å². The third-order valence-corrected chi connectivity index (χ3v) is 6.94. The molecule has 0 atom stereocenters. The van der Waals surface area contributed by atoms with Crippen LogP contribution in [0, 0.1) is 34.0 Å². The van der Waals surface area contributed by atoms with E-state index in [1.165, 1.54) is 31.0 Å². The SMILES string of the molecule is N#Cc1ccccc1CSc1nc(N)c(C#N)c(-c2ccc(OC3CCCCC3)cc2)c1C#N. The van der Waals surface area contributed by atoms with Gasteiger partial charge in [-0.15, -0.1) is 11.8 Å². The molecular formula is C27H23N5OS. The fourth-order valence-electron chi connectivity index (χ4n) is 4.17. The van der Waals surface area contributed by atoms with E-state index >= 15 is 0 Å². The van der Waals surface area contributed by atoms with Gasteiger partial charge < -0.3 is 10.5 Å². The molecule has 1 aliphatic rings. The van der Waals surface area contributed by atoms with E-state index in [1.807, 2.05) is 42.5 Å². The lowest BCUT2D eigenvalue weighted by Gasteiger charge is -2.23. The van der Waals surface area contributed by atoms with Gasteiger partial charge in [-0.25, -0.2) is 4.98 Å². The summed E-state index contributed by atoms with van der Waals surface area (Å²) < 4.78 is 6.12. The Morgan fingerprint density at radius 1 is 0.912 bits per heavy atom. The summed E-state index contributed by atoms with van der Waals surface area (Å²) in [5.41, 5.74) is 9.21. The maximum atomic E-state index is 10.0. The second-order valence-corrected chi connectivity index (χ2v) is 9.07. The van der Waals surface area contributed by atoms with Gasteiger partial charge in [0.05, 0.1) is 23.3 Å². The fraction of sp³-hybridized carbons (Fsp3) is 0.259. The number of nitrogens with zero attached hydrogens (tertiary/aromatic N) is 4. The van der Waals surface area contributed by atoms with Gasteiger partial charge in [0, 0.05) is 11.3 Å². The number of hydrogen-bond acceptors (Lipinski definition) is 7. The number of nitrogens with two attached hydrogens (primary N) is 1. The molecule has 1 aromatic heterocycles. The maximum Gasteiger partial charge on any atom is 0.143 e. The van der Waals surface area contributed by atoms with E-state index in [-0.39, 0.29) is 17.5 Å². The third-order valence-electron chi connectivity index (χ3n) is 5.92. The van der Waals surface area contributed by atoms with Gasteiger partial charge in [0.25, 0.3) is 0 Å². The highest BCUT2D eigenvalue weighted by atomic mass is 32.2. The van der Waals surface area contributed by atoms with Gasteiger partial charge in [-0.05, 0) is 55.0 Å². The molecule has 0 spiro atoms. The molecule has 0 aliphatic heterocycles.